The summed E-state index contributed by atoms with van der Waals surface area (Å²) in [4.78, 5) is 37.9. The average Bonchev–Trinajstić information content (AvgIpc) is 3.40. The maximum atomic E-state index is 12.8. The Kier molecular flexibility index (Phi) is 59.7. The van der Waals surface area contributed by atoms with Crippen LogP contribution in [0.5, 0.6) is 0 Å². The number of carbonyl (C=O) groups excluding carboxylic acids is 3. The van der Waals surface area contributed by atoms with Crippen molar-refractivity contribution in [3.63, 3.8) is 0 Å². The predicted octanol–water partition coefficient (Wildman–Crippen LogP) is 21.7. The first-order chi connectivity index (χ1) is 36.5. The van der Waals surface area contributed by atoms with Gasteiger partial charge < -0.3 is 14.2 Å². The van der Waals surface area contributed by atoms with Crippen LogP contribution in [0.3, 0.4) is 0 Å². The van der Waals surface area contributed by atoms with Gasteiger partial charge in [-0.25, -0.2) is 0 Å². The van der Waals surface area contributed by atoms with Crippen molar-refractivity contribution in [2.75, 3.05) is 13.2 Å². The molecule has 0 aromatic heterocycles. The molecule has 0 aliphatic rings. The van der Waals surface area contributed by atoms with Gasteiger partial charge in [-0.1, -0.05) is 286 Å². The number of hydrogen-bond donors (Lipinski definition) is 0. The number of carbonyl (C=O) groups is 3. The van der Waals surface area contributed by atoms with Gasteiger partial charge in [-0.2, -0.15) is 0 Å². The first-order valence-corrected chi connectivity index (χ1v) is 31.9. The third kappa shape index (κ3) is 59.7. The van der Waals surface area contributed by atoms with Crippen molar-refractivity contribution in [3.8, 4) is 0 Å². The van der Waals surface area contributed by atoms with Crippen LogP contribution in [0.25, 0.3) is 0 Å². The van der Waals surface area contributed by atoms with Crippen molar-refractivity contribution >= 4 is 17.9 Å². The summed E-state index contributed by atoms with van der Waals surface area (Å²) in [6.07, 6.45) is 81.0. The van der Waals surface area contributed by atoms with E-state index >= 15 is 0 Å². The molecule has 1 atom stereocenters. The summed E-state index contributed by atoms with van der Waals surface area (Å²) < 4.78 is 16.8. The number of unbranched alkanes of at least 4 members (excludes halogenated alkanes) is 35. The lowest BCUT2D eigenvalue weighted by atomic mass is 10.0. The van der Waals surface area contributed by atoms with Gasteiger partial charge >= 0.3 is 17.9 Å². The van der Waals surface area contributed by atoms with Crippen molar-refractivity contribution in [2.45, 2.75) is 329 Å². The van der Waals surface area contributed by atoms with Crippen molar-refractivity contribution in [2.24, 2.45) is 0 Å². The number of ether oxygens (including phenoxy) is 3. The molecule has 0 aromatic rings. The van der Waals surface area contributed by atoms with Crippen LogP contribution in [-0.4, -0.2) is 37.2 Å². The Hall–Kier alpha value is -3.15. The molecule has 0 heterocycles. The predicted molar refractivity (Wildman–Crippen MR) is 321 cm³/mol. The molecule has 6 heteroatoms. The van der Waals surface area contributed by atoms with E-state index in [2.05, 4.69) is 93.7 Å². The molecule has 1 unspecified atom stereocenters. The monoisotopic (exact) mass is 1030 g/mol. The Bertz CT molecular complexity index is 1370. The molecule has 0 fully saturated rings. The fourth-order valence-corrected chi connectivity index (χ4v) is 9.17. The molecule has 6 nitrogen and oxygen atoms in total. The van der Waals surface area contributed by atoms with E-state index in [1.165, 1.54) is 186 Å². The molecule has 0 aromatic carbocycles. The number of hydrogen-bond acceptors (Lipinski definition) is 6. The van der Waals surface area contributed by atoms with Gasteiger partial charge in [-0.05, 0) is 89.9 Å². The Morgan fingerprint density at radius 2 is 0.527 bits per heavy atom. The van der Waals surface area contributed by atoms with Crippen molar-refractivity contribution in [1.82, 2.24) is 0 Å². The van der Waals surface area contributed by atoms with E-state index in [0.717, 1.165) is 96.3 Å². The summed E-state index contributed by atoms with van der Waals surface area (Å²) in [7, 11) is 0. The molecule has 74 heavy (non-hydrogen) atoms. The fourth-order valence-electron chi connectivity index (χ4n) is 9.17. The quantitative estimate of drug-likeness (QED) is 0.0261. The van der Waals surface area contributed by atoms with Crippen LogP contribution in [-0.2, 0) is 28.6 Å². The van der Waals surface area contributed by atoms with Gasteiger partial charge in [0.05, 0.1) is 0 Å². The molecule has 428 valence electrons. The summed E-state index contributed by atoms with van der Waals surface area (Å²) >= 11 is 0. The maximum absolute atomic E-state index is 12.8. The molecule has 0 amide bonds. The second-order valence-electron chi connectivity index (χ2n) is 21.3. The summed E-state index contributed by atoms with van der Waals surface area (Å²) in [6.45, 7) is 6.48. The maximum Gasteiger partial charge on any atom is 0.306 e. The zero-order chi connectivity index (χ0) is 53.6. The van der Waals surface area contributed by atoms with Crippen LogP contribution >= 0.6 is 0 Å². The number of esters is 3. The molecule has 0 saturated heterocycles. The van der Waals surface area contributed by atoms with Crippen LogP contribution < -0.4 is 0 Å². The summed E-state index contributed by atoms with van der Waals surface area (Å²) in [5, 5.41) is 0. The molecule has 0 bridgehead atoms. The molecule has 0 aliphatic heterocycles. The summed E-state index contributed by atoms with van der Waals surface area (Å²) in [5.74, 6) is -0.879. The minimum Gasteiger partial charge on any atom is -0.462 e. The highest BCUT2D eigenvalue weighted by molar-refractivity contribution is 5.71. The summed E-state index contributed by atoms with van der Waals surface area (Å²) in [6, 6.07) is 0. The first kappa shape index (κ1) is 70.8. The highest BCUT2D eigenvalue weighted by atomic mass is 16.6. The highest BCUT2D eigenvalue weighted by Gasteiger charge is 2.19. The lowest BCUT2D eigenvalue weighted by Gasteiger charge is -2.18. The molecular formula is C68H120O6. The van der Waals surface area contributed by atoms with E-state index in [9.17, 15) is 14.4 Å². The average molecular weight is 1030 g/mol. The zero-order valence-electron chi connectivity index (χ0n) is 49.1. The van der Waals surface area contributed by atoms with E-state index in [4.69, 9.17) is 14.2 Å². The number of allylic oxidation sites excluding steroid dienone is 12. The van der Waals surface area contributed by atoms with E-state index in [1.54, 1.807) is 0 Å². The highest BCUT2D eigenvalue weighted by Crippen LogP contribution is 2.17. The lowest BCUT2D eigenvalue weighted by Crippen LogP contribution is -2.30. The van der Waals surface area contributed by atoms with Crippen LogP contribution in [0.1, 0.15) is 323 Å². The second kappa shape index (κ2) is 62.4. The molecule has 0 spiro atoms. The van der Waals surface area contributed by atoms with Crippen molar-refractivity contribution < 1.29 is 28.6 Å². The normalized spacial score (nSPS) is 12.5. The van der Waals surface area contributed by atoms with Crippen molar-refractivity contribution in [3.05, 3.63) is 72.9 Å². The SMILES string of the molecule is CC/C=C\C/C=C\C/C=C\C/C=C\C/C=C\CCCCCCCCCCCCCCCCCCCCCC(=O)OCC(COC(=O)CCCCCCCC)OC(=O)CCCCCCC/C=C\CCCCCCCC. The minimum atomic E-state index is -0.773. The standard InChI is InChI=1S/C68H120O6/c1-4-7-10-13-16-18-20-22-24-25-26-27-28-29-30-31-32-33-34-35-36-37-38-39-40-41-42-43-45-46-48-50-52-55-58-61-67(70)73-64-65(63-72-66(69)60-57-54-15-12-9-6-3)74-68(71)62-59-56-53-51-49-47-44-23-21-19-17-14-11-8-5-2/h7,10,16,18,22-24,26-27,29-30,44,65H,4-6,8-9,11-15,17,19-21,25,28,31-43,45-64H2,1-3H3/b10-7-,18-16-,24-22-,27-26-,30-29-,44-23-. The van der Waals surface area contributed by atoms with E-state index in [0.29, 0.717) is 19.3 Å². The molecular weight excluding hydrogens is 913 g/mol. The second-order valence-corrected chi connectivity index (χ2v) is 21.3. The third-order valence-electron chi connectivity index (χ3n) is 13.9. The Morgan fingerprint density at radius 1 is 0.284 bits per heavy atom. The first-order valence-electron chi connectivity index (χ1n) is 31.9. The summed E-state index contributed by atoms with van der Waals surface area (Å²) in [5.41, 5.74) is 0. The molecule has 0 N–H and O–H groups in total. The van der Waals surface area contributed by atoms with E-state index in [-0.39, 0.29) is 31.1 Å². The largest absolute Gasteiger partial charge is 0.462 e. The Balaban J connectivity index is 3.93. The zero-order valence-corrected chi connectivity index (χ0v) is 49.1. The van der Waals surface area contributed by atoms with Crippen LogP contribution in [0.15, 0.2) is 72.9 Å². The lowest BCUT2D eigenvalue weighted by molar-refractivity contribution is -0.167. The van der Waals surface area contributed by atoms with Gasteiger partial charge in [0.25, 0.3) is 0 Å². The third-order valence-corrected chi connectivity index (χ3v) is 13.9. The van der Waals surface area contributed by atoms with Gasteiger partial charge in [0.2, 0.25) is 0 Å². The molecule has 0 radical (unpaired) electrons. The van der Waals surface area contributed by atoms with Crippen LogP contribution in [0, 0.1) is 0 Å². The minimum absolute atomic E-state index is 0.0739. The molecule has 0 rings (SSSR count). The Labute approximate surface area is 459 Å². The van der Waals surface area contributed by atoms with E-state index in [1.807, 2.05) is 0 Å². The van der Waals surface area contributed by atoms with Gasteiger partial charge in [0.15, 0.2) is 6.10 Å². The van der Waals surface area contributed by atoms with Crippen molar-refractivity contribution in [1.29, 1.82) is 0 Å². The van der Waals surface area contributed by atoms with Gasteiger partial charge in [-0.15, -0.1) is 0 Å². The Morgan fingerprint density at radius 3 is 0.838 bits per heavy atom. The fraction of sp³-hybridized carbons (Fsp3) is 0.779. The van der Waals surface area contributed by atoms with Crippen LogP contribution in [0.4, 0.5) is 0 Å². The van der Waals surface area contributed by atoms with Gasteiger partial charge in [0, 0.05) is 19.3 Å². The van der Waals surface area contributed by atoms with Gasteiger partial charge in [0.1, 0.15) is 13.2 Å². The number of rotatable bonds is 58. The molecule has 0 aliphatic carbocycles. The van der Waals surface area contributed by atoms with Crippen LogP contribution in [0.2, 0.25) is 0 Å². The smallest absolute Gasteiger partial charge is 0.306 e. The topological polar surface area (TPSA) is 78.9 Å². The van der Waals surface area contributed by atoms with Gasteiger partial charge in [-0.3, -0.25) is 14.4 Å². The van der Waals surface area contributed by atoms with E-state index < -0.39 is 6.10 Å². The molecule has 0 saturated carbocycles.